The minimum absolute atomic E-state index is 0.249. The molecule has 1 amide bonds. The minimum atomic E-state index is -1.32. The van der Waals surface area contributed by atoms with E-state index in [1.54, 1.807) is 47.1 Å². The number of benzene rings is 1. The SMILES string of the molecule is NCCCC(I)[C@@](I)(C(=O)O)N(I)C(=O)c1ccccc1. The first-order chi connectivity index (χ1) is 9.85. The molecule has 5 nitrogen and oxygen atoms in total. The standard InChI is InChI=1S/C13H15I3N2O3/c14-10(7-4-8-17)13(15,12(20)21)18(16)11(19)9-5-2-1-3-6-9/h1-3,5-6,10H,4,7-8,17H2,(H,20,21)/t10?,13-/m0/s1. The monoisotopic (exact) mass is 628 g/mol. The number of nitrogens with two attached hydrogens (primary N) is 1. The second-order valence-electron chi connectivity index (χ2n) is 4.33. The fraction of sp³-hybridized carbons (Fsp3) is 0.385. The Labute approximate surface area is 164 Å². The summed E-state index contributed by atoms with van der Waals surface area (Å²) in [6, 6.07) is 8.67. The first kappa shape index (κ1) is 19.4. The normalized spacial score (nSPS) is 15.0. The zero-order valence-electron chi connectivity index (χ0n) is 11.0. The zero-order chi connectivity index (χ0) is 16.0. The molecule has 1 rings (SSSR count). The molecule has 0 spiro atoms. The number of hydrogen-bond donors (Lipinski definition) is 2. The van der Waals surface area contributed by atoms with Crippen molar-refractivity contribution < 1.29 is 14.7 Å². The molecule has 0 fully saturated rings. The molecule has 8 heteroatoms. The van der Waals surface area contributed by atoms with Crippen LogP contribution in [-0.4, -0.2) is 34.1 Å². The molecule has 3 N–H and O–H groups in total. The molecule has 2 atom stereocenters. The van der Waals surface area contributed by atoms with Crippen LogP contribution < -0.4 is 5.73 Å². The maximum Gasteiger partial charge on any atom is 0.341 e. The van der Waals surface area contributed by atoms with Crippen molar-refractivity contribution in [2.45, 2.75) is 20.3 Å². The van der Waals surface area contributed by atoms with Crippen molar-refractivity contribution in [3.63, 3.8) is 0 Å². The van der Waals surface area contributed by atoms with Gasteiger partial charge in [0.1, 0.15) is 0 Å². The number of carboxylic acids is 1. The maximum atomic E-state index is 12.5. The number of aliphatic carboxylic acids is 1. The van der Waals surface area contributed by atoms with Crippen molar-refractivity contribution in [1.82, 2.24) is 3.11 Å². The molecule has 0 saturated carbocycles. The van der Waals surface area contributed by atoms with E-state index in [2.05, 4.69) is 22.6 Å². The number of nitrogens with zero attached hydrogens (tertiary/aromatic N) is 1. The average molecular weight is 628 g/mol. The van der Waals surface area contributed by atoms with Gasteiger partial charge in [0, 0.05) is 5.56 Å². The van der Waals surface area contributed by atoms with Crippen molar-refractivity contribution in [3.05, 3.63) is 35.9 Å². The van der Waals surface area contributed by atoms with Crippen LogP contribution in [0.5, 0.6) is 0 Å². The number of carboxylic acid groups (broad SMARTS) is 1. The van der Waals surface area contributed by atoms with Gasteiger partial charge < -0.3 is 10.8 Å². The van der Waals surface area contributed by atoms with Gasteiger partial charge in [-0.1, -0.05) is 40.8 Å². The summed E-state index contributed by atoms with van der Waals surface area (Å²) in [6.07, 6.45) is 1.35. The third kappa shape index (κ3) is 4.64. The highest BCUT2D eigenvalue weighted by Gasteiger charge is 2.49. The lowest BCUT2D eigenvalue weighted by Gasteiger charge is -2.35. The van der Waals surface area contributed by atoms with Gasteiger partial charge in [-0.3, -0.25) is 7.91 Å². The van der Waals surface area contributed by atoms with E-state index in [1.165, 1.54) is 3.11 Å². The third-order valence-corrected chi connectivity index (χ3v) is 9.40. The van der Waals surface area contributed by atoms with Crippen LogP contribution in [-0.2, 0) is 4.79 Å². The number of alkyl halides is 2. The zero-order valence-corrected chi connectivity index (χ0v) is 17.5. The molecule has 0 radical (unpaired) electrons. The molecule has 0 aromatic heterocycles. The smallest absolute Gasteiger partial charge is 0.341 e. The third-order valence-electron chi connectivity index (χ3n) is 2.86. The molecule has 116 valence electrons. The minimum Gasteiger partial charge on any atom is -0.479 e. The molecule has 0 aliphatic carbocycles. The first-order valence-electron chi connectivity index (χ1n) is 6.17. The number of amides is 1. The average Bonchev–Trinajstić information content (AvgIpc) is 2.50. The van der Waals surface area contributed by atoms with Crippen molar-refractivity contribution >= 4 is 79.9 Å². The molecule has 21 heavy (non-hydrogen) atoms. The Morgan fingerprint density at radius 2 is 1.90 bits per heavy atom. The van der Waals surface area contributed by atoms with Gasteiger partial charge in [-0.15, -0.1) is 0 Å². The van der Waals surface area contributed by atoms with Crippen LogP contribution in [0.4, 0.5) is 0 Å². The van der Waals surface area contributed by atoms with Crippen molar-refractivity contribution in [3.8, 4) is 0 Å². The fourth-order valence-electron chi connectivity index (χ4n) is 1.67. The molecule has 0 bridgehead atoms. The van der Waals surface area contributed by atoms with Gasteiger partial charge in [0.2, 0.25) is 3.55 Å². The van der Waals surface area contributed by atoms with Gasteiger partial charge in [0.15, 0.2) is 0 Å². The molecular formula is C13H15I3N2O3. The molecule has 1 unspecified atom stereocenters. The molecule has 0 aliphatic rings. The summed E-state index contributed by atoms with van der Waals surface area (Å²) in [7, 11) is 0. The van der Waals surface area contributed by atoms with Crippen LogP contribution in [0.3, 0.4) is 0 Å². The quantitative estimate of drug-likeness (QED) is 0.211. The second kappa shape index (κ2) is 8.82. The molecule has 1 aromatic carbocycles. The summed E-state index contributed by atoms with van der Waals surface area (Å²) in [4.78, 5) is 24.3. The van der Waals surface area contributed by atoms with E-state index in [0.717, 1.165) is 6.42 Å². The summed E-state index contributed by atoms with van der Waals surface area (Å²) >= 11 is 5.72. The molecule has 0 aliphatic heterocycles. The van der Waals surface area contributed by atoms with Gasteiger partial charge >= 0.3 is 5.97 Å². The van der Waals surface area contributed by atoms with Crippen LogP contribution in [0.15, 0.2) is 30.3 Å². The van der Waals surface area contributed by atoms with Crippen LogP contribution in [0.2, 0.25) is 0 Å². The van der Waals surface area contributed by atoms with E-state index in [9.17, 15) is 14.7 Å². The number of hydrogen-bond acceptors (Lipinski definition) is 3. The highest BCUT2D eigenvalue weighted by molar-refractivity contribution is 14.1. The lowest BCUT2D eigenvalue weighted by Crippen LogP contribution is -2.53. The van der Waals surface area contributed by atoms with Gasteiger partial charge in [-0.25, -0.2) is 4.79 Å². The Hall–Kier alpha value is 0.310. The van der Waals surface area contributed by atoms with Gasteiger partial charge in [-0.2, -0.15) is 0 Å². The highest BCUT2D eigenvalue weighted by Crippen LogP contribution is 2.39. The van der Waals surface area contributed by atoms with Crippen LogP contribution in [0.25, 0.3) is 0 Å². The number of carbonyl (C=O) groups excluding carboxylic acids is 1. The highest BCUT2D eigenvalue weighted by atomic mass is 127. The predicted octanol–water partition coefficient (Wildman–Crippen LogP) is 3.24. The topological polar surface area (TPSA) is 83.6 Å². The number of rotatable bonds is 7. The van der Waals surface area contributed by atoms with Crippen molar-refractivity contribution in [2.24, 2.45) is 5.73 Å². The lowest BCUT2D eigenvalue weighted by atomic mass is 10.1. The first-order valence-corrected chi connectivity index (χ1v) is 9.46. The van der Waals surface area contributed by atoms with Gasteiger partial charge in [-0.05, 0) is 54.1 Å². The van der Waals surface area contributed by atoms with Crippen molar-refractivity contribution in [1.29, 1.82) is 0 Å². The predicted molar refractivity (Wildman–Crippen MR) is 107 cm³/mol. The Morgan fingerprint density at radius 3 is 2.38 bits per heavy atom. The van der Waals surface area contributed by atoms with E-state index >= 15 is 0 Å². The second-order valence-corrected chi connectivity index (χ2v) is 8.44. The molecule has 0 heterocycles. The summed E-state index contributed by atoms with van der Waals surface area (Å²) in [5.41, 5.74) is 5.96. The van der Waals surface area contributed by atoms with E-state index in [4.69, 9.17) is 5.73 Å². The van der Waals surface area contributed by atoms with E-state index in [1.807, 2.05) is 28.7 Å². The summed E-state index contributed by atoms with van der Waals surface area (Å²) in [5, 5.41) is 9.63. The number of carbonyl (C=O) groups is 2. The number of halogens is 3. The molecule has 0 saturated heterocycles. The fourth-order valence-corrected chi connectivity index (χ4v) is 4.54. The molecule has 1 aromatic rings. The summed E-state index contributed by atoms with van der Waals surface area (Å²) in [6.45, 7) is 0.500. The van der Waals surface area contributed by atoms with Gasteiger partial charge in [0.05, 0.1) is 26.8 Å². The van der Waals surface area contributed by atoms with Crippen LogP contribution in [0, 0.1) is 0 Å². The summed E-state index contributed by atoms with van der Waals surface area (Å²) < 4.78 is -0.293. The largest absolute Gasteiger partial charge is 0.479 e. The van der Waals surface area contributed by atoms with Crippen molar-refractivity contribution in [2.75, 3.05) is 6.54 Å². The Balaban J connectivity index is 3.04. The van der Waals surface area contributed by atoms with E-state index in [-0.39, 0.29) is 9.83 Å². The Bertz CT molecular complexity index is 501. The van der Waals surface area contributed by atoms with Gasteiger partial charge in [0.25, 0.3) is 5.91 Å². The Morgan fingerprint density at radius 1 is 1.33 bits per heavy atom. The van der Waals surface area contributed by atoms with E-state index in [0.29, 0.717) is 18.5 Å². The van der Waals surface area contributed by atoms with Crippen LogP contribution >= 0.6 is 68.0 Å². The Kier molecular flexibility index (Phi) is 8.13. The van der Waals surface area contributed by atoms with E-state index < -0.39 is 9.51 Å². The lowest BCUT2D eigenvalue weighted by molar-refractivity contribution is -0.141. The maximum absolute atomic E-state index is 12.5. The summed E-state index contributed by atoms with van der Waals surface area (Å²) in [5.74, 6) is -1.35. The van der Waals surface area contributed by atoms with Crippen LogP contribution in [0.1, 0.15) is 23.2 Å². The molecular weight excluding hydrogens is 613 g/mol.